The normalized spacial score (nSPS) is 23.9. The number of hydrogen-bond acceptors (Lipinski definition) is 3. The molecule has 2 aromatic rings. The summed E-state index contributed by atoms with van der Waals surface area (Å²) in [6, 6.07) is 18.1. The first-order valence-electron chi connectivity index (χ1n) is 9.10. The maximum atomic E-state index is 12.2. The molecule has 1 N–H and O–H groups in total. The Morgan fingerprint density at radius 1 is 1.08 bits per heavy atom. The zero-order valence-electron chi connectivity index (χ0n) is 14.4. The second kappa shape index (κ2) is 7.28. The molecular weight excluding hydrogens is 312 g/mol. The number of carbonyl (C=O) groups is 1. The number of rotatable bonds is 3. The third kappa shape index (κ3) is 3.69. The summed E-state index contributed by atoms with van der Waals surface area (Å²) in [7, 11) is 0. The molecule has 25 heavy (non-hydrogen) atoms. The first-order valence-corrected chi connectivity index (χ1v) is 9.10. The van der Waals surface area contributed by atoms with Crippen LogP contribution in [0.15, 0.2) is 54.6 Å². The third-order valence-corrected chi connectivity index (χ3v) is 5.19. The fraction of sp³-hybridized carbons (Fsp3) is 0.381. The molecule has 0 spiro atoms. The summed E-state index contributed by atoms with van der Waals surface area (Å²) in [4.78, 5) is 14.7. The van der Waals surface area contributed by atoms with Crippen molar-refractivity contribution in [2.45, 2.75) is 25.5 Å². The highest BCUT2D eigenvalue weighted by Crippen LogP contribution is 2.28. The highest BCUT2D eigenvalue weighted by atomic mass is 16.5. The number of ether oxygens (including phenoxy) is 1. The predicted molar refractivity (Wildman–Crippen MR) is 97.6 cm³/mol. The van der Waals surface area contributed by atoms with Crippen LogP contribution < -0.4 is 10.1 Å². The lowest BCUT2D eigenvalue weighted by molar-refractivity contribution is 0.0660. The zero-order chi connectivity index (χ0) is 17.1. The maximum Gasteiger partial charge on any atom is 0.255 e. The molecule has 2 heterocycles. The van der Waals surface area contributed by atoms with Crippen molar-refractivity contribution >= 4 is 5.91 Å². The largest absolute Gasteiger partial charge is 0.487 e. The van der Waals surface area contributed by atoms with E-state index in [2.05, 4.69) is 40.5 Å². The number of nitrogens with zero attached hydrogens (tertiary/aromatic N) is 1. The van der Waals surface area contributed by atoms with E-state index in [0.717, 1.165) is 26.1 Å². The van der Waals surface area contributed by atoms with E-state index in [0.29, 0.717) is 23.8 Å². The van der Waals surface area contributed by atoms with E-state index in [-0.39, 0.29) is 12.0 Å². The van der Waals surface area contributed by atoms with Crippen molar-refractivity contribution in [1.29, 1.82) is 0 Å². The quantitative estimate of drug-likeness (QED) is 0.936. The fourth-order valence-electron chi connectivity index (χ4n) is 3.89. The number of fused-ring (bicyclic) bond motifs is 1. The van der Waals surface area contributed by atoms with Crippen LogP contribution in [-0.4, -0.2) is 36.5 Å². The molecule has 4 nitrogen and oxygen atoms in total. The van der Waals surface area contributed by atoms with Gasteiger partial charge < -0.3 is 10.1 Å². The molecule has 2 atom stereocenters. The SMILES string of the molecule is O=C1NC[C@H]([C@@H]2CCCN(Cc3ccccc3)C2)Oc2ccccc21. The predicted octanol–water partition coefficient (Wildman–Crippen LogP) is 3.09. The van der Waals surface area contributed by atoms with Gasteiger partial charge in [-0.25, -0.2) is 0 Å². The van der Waals surface area contributed by atoms with Crippen LogP contribution in [0.1, 0.15) is 28.8 Å². The van der Waals surface area contributed by atoms with Gasteiger partial charge in [0, 0.05) is 19.0 Å². The van der Waals surface area contributed by atoms with Gasteiger partial charge in [-0.2, -0.15) is 0 Å². The number of amides is 1. The Hall–Kier alpha value is -2.33. The molecule has 2 aromatic carbocycles. The summed E-state index contributed by atoms with van der Waals surface area (Å²) in [5.41, 5.74) is 1.99. The number of piperidine rings is 1. The van der Waals surface area contributed by atoms with Crippen molar-refractivity contribution in [2.75, 3.05) is 19.6 Å². The average molecular weight is 336 g/mol. The second-order valence-electron chi connectivity index (χ2n) is 6.99. The summed E-state index contributed by atoms with van der Waals surface area (Å²) in [6.45, 7) is 3.70. The van der Waals surface area contributed by atoms with Crippen LogP contribution in [-0.2, 0) is 6.54 Å². The molecule has 4 rings (SSSR count). The van der Waals surface area contributed by atoms with Gasteiger partial charge in [0.05, 0.1) is 12.1 Å². The smallest absolute Gasteiger partial charge is 0.255 e. The van der Waals surface area contributed by atoms with Gasteiger partial charge in [0.2, 0.25) is 0 Å². The molecule has 4 heteroatoms. The minimum Gasteiger partial charge on any atom is -0.487 e. The van der Waals surface area contributed by atoms with Gasteiger partial charge in [-0.1, -0.05) is 42.5 Å². The van der Waals surface area contributed by atoms with Gasteiger partial charge in [-0.05, 0) is 37.1 Å². The maximum absolute atomic E-state index is 12.2. The van der Waals surface area contributed by atoms with Crippen LogP contribution in [0.5, 0.6) is 5.75 Å². The number of para-hydroxylation sites is 1. The van der Waals surface area contributed by atoms with Crippen molar-refractivity contribution in [2.24, 2.45) is 5.92 Å². The van der Waals surface area contributed by atoms with Crippen LogP contribution in [0.2, 0.25) is 0 Å². The molecule has 2 aliphatic rings. The Labute approximate surface area is 148 Å². The summed E-state index contributed by atoms with van der Waals surface area (Å²) in [5, 5.41) is 3.03. The van der Waals surface area contributed by atoms with Crippen molar-refractivity contribution in [3.8, 4) is 5.75 Å². The van der Waals surface area contributed by atoms with E-state index in [1.807, 2.05) is 24.3 Å². The molecule has 1 amide bonds. The second-order valence-corrected chi connectivity index (χ2v) is 6.99. The van der Waals surface area contributed by atoms with Crippen LogP contribution in [0.25, 0.3) is 0 Å². The number of likely N-dealkylation sites (tertiary alicyclic amines) is 1. The number of nitrogens with one attached hydrogen (secondary N) is 1. The topological polar surface area (TPSA) is 41.6 Å². The lowest BCUT2D eigenvalue weighted by Gasteiger charge is -2.36. The fourth-order valence-corrected chi connectivity index (χ4v) is 3.89. The third-order valence-electron chi connectivity index (χ3n) is 5.19. The Kier molecular flexibility index (Phi) is 4.70. The van der Waals surface area contributed by atoms with Gasteiger partial charge in [0.1, 0.15) is 11.9 Å². The Morgan fingerprint density at radius 3 is 2.76 bits per heavy atom. The lowest BCUT2D eigenvalue weighted by atomic mass is 9.92. The first-order chi connectivity index (χ1) is 12.3. The minimum absolute atomic E-state index is 0.0324. The molecule has 0 aliphatic carbocycles. The molecule has 0 aromatic heterocycles. The Balaban J connectivity index is 1.45. The molecule has 0 unspecified atom stereocenters. The Morgan fingerprint density at radius 2 is 1.88 bits per heavy atom. The highest BCUT2D eigenvalue weighted by Gasteiger charge is 2.32. The summed E-state index contributed by atoms with van der Waals surface area (Å²) >= 11 is 0. The molecular formula is C21H24N2O2. The van der Waals surface area contributed by atoms with Crippen LogP contribution in [0, 0.1) is 5.92 Å². The van der Waals surface area contributed by atoms with Gasteiger partial charge in [-0.15, -0.1) is 0 Å². The molecule has 2 aliphatic heterocycles. The van der Waals surface area contributed by atoms with Gasteiger partial charge in [0.25, 0.3) is 5.91 Å². The van der Waals surface area contributed by atoms with Crippen LogP contribution in [0.4, 0.5) is 0 Å². The Bertz CT molecular complexity index is 732. The van der Waals surface area contributed by atoms with Crippen molar-refractivity contribution < 1.29 is 9.53 Å². The molecule has 0 radical (unpaired) electrons. The summed E-state index contributed by atoms with van der Waals surface area (Å²) < 4.78 is 6.26. The molecule has 0 bridgehead atoms. The van der Waals surface area contributed by atoms with E-state index in [4.69, 9.17) is 4.74 Å². The van der Waals surface area contributed by atoms with E-state index in [1.165, 1.54) is 12.0 Å². The molecule has 1 saturated heterocycles. The van der Waals surface area contributed by atoms with Gasteiger partial charge in [-0.3, -0.25) is 9.69 Å². The monoisotopic (exact) mass is 336 g/mol. The first kappa shape index (κ1) is 16.2. The van der Waals surface area contributed by atoms with Crippen molar-refractivity contribution in [1.82, 2.24) is 10.2 Å². The molecule has 130 valence electrons. The highest BCUT2D eigenvalue weighted by molar-refractivity contribution is 5.97. The van der Waals surface area contributed by atoms with E-state index in [9.17, 15) is 4.79 Å². The van der Waals surface area contributed by atoms with Crippen molar-refractivity contribution in [3.05, 3.63) is 65.7 Å². The zero-order valence-corrected chi connectivity index (χ0v) is 14.4. The standard InChI is InChI=1S/C21H24N2O2/c24-21-18-10-4-5-11-19(18)25-20(13-22-21)17-9-6-12-23(15-17)14-16-7-2-1-3-8-16/h1-5,7-8,10-11,17,20H,6,9,12-15H2,(H,22,24)/t17-,20-/m1/s1. The molecule has 1 fully saturated rings. The lowest BCUT2D eigenvalue weighted by Crippen LogP contribution is -2.45. The van der Waals surface area contributed by atoms with Gasteiger partial charge >= 0.3 is 0 Å². The van der Waals surface area contributed by atoms with Crippen molar-refractivity contribution in [3.63, 3.8) is 0 Å². The number of benzene rings is 2. The van der Waals surface area contributed by atoms with E-state index >= 15 is 0 Å². The van der Waals surface area contributed by atoms with E-state index in [1.54, 1.807) is 0 Å². The van der Waals surface area contributed by atoms with Gasteiger partial charge in [0.15, 0.2) is 0 Å². The molecule has 0 saturated carbocycles. The van der Waals surface area contributed by atoms with E-state index < -0.39 is 0 Å². The minimum atomic E-state index is -0.0324. The number of carbonyl (C=O) groups excluding carboxylic acids is 1. The van der Waals surface area contributed by atoms with Crippen LogP contribution in [0.3, 0.4) is 0 Å². The summed E-state index contributed by atoms with van der Waals surface area (Å²) in [5.74, 6) is 1.11. The van der Waals surface area contributed by atoms with Crippen LogP contribution >= 0.6 is 0 Å². The average Bonchev–Trinajstić information content (AvgIpc) is 2.82. The number of hydrogen-bond donors (Lipinski definition) is 1. The summed E-state index contributed by atoms with van der Waals surface area (Å²) in [6.07, 6.45) is 2.35.